The SMILES string of the molecule is CCCCCCOc1ccc2cc(-c3noc([C@@H]4CCCN4C(=O)OC(C)(C)C)n3)ccc2c1. The Balaban J connectivity index is 1.45. The van der Waals surface area contributed by atoms with Crippen LogP contribution in [0.4, 0.5) is 4.79 Å². The third kappa shape index (κ3) is 5.88. The minimum atomic E-state index is -0.546. The van der Waals surface area contributed by atoms with Gasteiger partial charge in [-0.05, 0) is 69.0 Å². The van der Waals surface area contributed by atoms with Gasteiger partial charge in [0.05, 0.1) is 6.61 Å². The molecule has 0 unspecified atom stereocenters. The van der Waals surface area contributed by atoms with Gasteiger partial charge in [-0.3, -0.25) is 4.90 Å². The summed E-state index contributed by atoms with van der Waals surface area (Å²) < 4.78 is 17.1. The molecule has 1 atom stereocenters. The van der Waals surface area contributed by atoms with Gasteiger partial charge in [0.1, 0.15) is 17.4 Å². The summed E-state index contributed by atoms with van der Waals surface area (Å²) in [6.45, 7) is 9.17. The molecule has 4 rings (SSSR count). The zero-order valence-corrected chi connectivity index (χ0v) is 20.7. The fourth-order valence-corrected chi connectivity index (χ4v) is 4.22. The molecule has 1 aliphatic rings. The second-order valence-electron chi connectivity index (χ2n) is 9.92. The molecule has 7 heteroatoms. The van der Waals surface area contributed by atoms with E-state index in [0.29, 0.717) is 18.3 Å². The standard InChI is InChI=1S/C27H35N3O4/c1-5-6-7-8-16-32-22-14-13-19-17-21(12-11-20(19)18-22)24-28-25(34-29-24)23-10-9-15-30(23)26(31)33-27(2,3)4/h11-14,17-18,23H,5-10,15-16H2,1-4H3/t23-/m0/s1. The molecule has 1 aliphatic heterocycles. The van der Waals surface area contributed by atoms with Crippen LogP contribution in [0.2, 0.25) is 0 Å². The highest BCUT2D eigenvalue weighted by molar-refractivity contribution is 5.87. The molecule has 2 aromatic carbocycles. The molecule has 0 bridgehead atoms. The van der Waals surface area contributed by atoms with Gasteiger partial charge in [0.15, 0.2) is 0 Å². The number of amides is 1. The molecule has 1 saturated heterocycles. The first kappa shape index (κ1) is 24.0. The first-order valence-corrected chi connectivity index (χ1v) is 12.3. The minimum Gasteiger partial charge on any atom is -0.494 e. The van der Waals surface area contributed by atoms with Crippen molar-refractivity contribution in [3.05, 3.63) is 42.3 Å². The first-order chi connectivity index (χ1) is 16.3. The third-order valence-corrected chi connectivity index (χ3v) is 5.94. The topological polar surface area (TPSA) is 77.7 Å². The molecule has 1 fully saturated rings. The molecular weight excluding hydrogens is 430 g/mol. The minimum absolute atomic E-state index is 0.256. The maximum atomic E-state index is 12.6. The summed E-state index contributed by atoms with van der Waals surface area (Å²) in [6.07, 6.45) is 6.07. The van der Waals surface area contributed by atoms with E-state index in [1.54, 1.807) is 4.90 Å². The summed E-state index contributed by atoms with van der Waals surface area (Å²) in [7, 11) is 0. The second kappa shape index (κ2) is 10.5. The highest BCUT2D eigenvalue weighted by atomic mass is 16.6. The van der Waals surface area contributed by atoms with Crippen molar-refractivity contribution in [2.75, 3.05) is 13.2 Å². The van der Waals surface area contributed by atoms with Crippen molar-refractivity contribution in [3.8, 4) is 17.1 Å². The van der Waals surface area contributed by atoms with Gasteiger partial charge in [-0.15, -0.1) is 0 Å². The Kier molecular flexibility index (Phi) is 7.39. The monoisotopic (exact) mass is 465 g/mol. The molecule has 0 N–H and O–H groups in total. The highest BCUT2D eigenvalue weighted by Gasteiger charge is 2.36. The molecule has 0 radical (unpaired) electrons. The summed E-state index contributed by atoms with van der Waals surface area (Å²) in [4.78, 5) is 18.9. The molecule has 2 heterocycles. The van der Waals surface area contributed by atoms with Crippen LogP contribution in [-0.2, 0) is 4.74 Å². The van der Waals surface area contributed by atoms with Crippen LogP contribution in [0.15, 0.2) is 40.9 Å². The summed E-state index contributed by atoms with van der Waals surface area (Å²) >= 11 is 0. The lowest BCUT2D eigenvalue weighted by atomic mass is 10.1. The number of nitrogens with zero attached hydrogens (tertiary/aromatic N) is 3. The number of carbonyl (C=O) groups is 1. The average molecular weight is 466 g/mol. The predicted octanol–water partition coefficient (Wildman–Crippen LogP) is 6.92. The molecule has 0 saturated carbocycles. The number of likely N-dealkylation sites (tertiary alicyclic amines) is 1. The normalized spacial score (nSPS) is 16.2. The Hall–Kier alpha value is -3.09. The van der Waals surface area contributed by atoms with Gasteiger partial charge in [-0.1, -0.05) is 49.5 Å². The Labute approximate surface area is 201 Å². The number of carbonyl (C=O) groups excluding carboxylic acids is 1. The summed E-state index contributed by atoms with van der Waals surface area (Å²) in [5, 5.41) is 6.38. The number of unbranched alkanes of at least 4 members (excludes halogenated alkanes) is 3. The van der Waals surface area contributed by atoms with Crippen LogP contribution in [0.3, 0.4) is 0 Å². The van der Waals surface area contributed by atoms with Gasteiger partial charge in [0, 0.05) is 12.1 Å². The van der Waals surface area contributed by atoms with Crippen molar-refractivity contribution in [3.63, 3.8) is 0 Å². The molecule has 3 aromatic rings. The number of hydrogen-bond donors (Lipinski definition) is 0. The Morgan fingerprint density at radius 2 is 1.91 bits per heavy atom. The van der Waals surface area contributed by atoms with E-state index in [9.17, 15) is 4.79 Å². The summed E-state index contributed by atoms with van der Waals surface area (Å²) in [6, 6.07) is 12.0. The molecule has 1 aromatic heterocycles. The van der Waals surface area contributed by atoms with E-state index in [2.05, 4.69) is 35.3 Å². The van der Waals surface area contributed by atoms with E-state index in [4.69, 9.17) is 14.0 Å². The van der Waals surface area contributed by atoms with E-state index in [1.807, 2.05) is 39.0 Å². The number of ether oxygens (including phenoxy) is 2. The molecule has 182 valence electrons. The predicted molar refractivity (Wildman–Crippen MR) is 132 cm³/mol. The van der Waals surface area contributed by atoms with Crippen LogP contribution >= 0.6 is 0 Å². The molecule has 7 nitrogen and oxygen atoms in total. The van der Waals surface area contributed by atoms with Crippen LogP contribution in [0.5, 0.6) is 5.75 Å². The van der Waals surface area contributed by atoms with Crippen LogP contribution in [0, 0.1) is 0 Å². The fraction of sp³-hybridized carbons (Fsp3) is 0.519. The zero-order valence-electron chi connectivity index (χ0n) is 20.7. The number of fused-ring (bicyclic) bond motifs is 1. The Morgan fingerprint density at radius 1 is 1.12 bits per heavy atom. The van der Waals surface area contributed by atoms with E-state index >= 15 is 0 Å². The van der Waals surface area contributed by atoms with Crippen molar-refractivity contribution in [2.45, 2.75) is 77.9 Å². The smallest absolute Gasteiger partial charge is 0.410 e. The van der Waals surface area contributed by atoms with Gasteiger partial charge in [-0.2, -0.15) is 4.98 Å². The number of hydrogen-bond acceptors (Lipinski definition) is 6. The Bertz CT molecular complexity index is 1120. The molecule has 1 amide bonds. The van der Waals surface area contributed by atoms with Crippen LogP contribution in [0.1, 0.15) is 78.2 Å². The molecule has 34 heavy (non-hydrogen) atoms. The fourth-order valence-electron chi connectivity index (χ4n) is 4.22. The van der Waals surface area contributed by atoms with Crippen molar-refractivity contribution in [1.82, 2.24) is 15.0 Å². The maximum absolute atomic E-state index is 12.6. The maximum Gasteiger partial charge on any atom is 0.410 e. The zero-order chi connectivity index (χ0) is 24.1. The van der Waals surface area contributed by atoms with E-state index in [-0.39, 0.29) is 12.1 Å². The lowest BCUT2D eigenvalue weighted by Crippen LogP contribution is -2.36. The molecule has 0 aliphatic carbocycles. The largest absolute Gasteiger partial charge is 0.494 e. The molecule has 0 spiro atoms. The van der Waals surface area contributed by atoms with E-state index in [0.717, 1.165) is 48.0 Å². The number of aromatic nitrogens is 2. The number of rotatable bonds is 8. The van der Waals surface area contributed by atoms with Gasteiger partial charge in [0.2, 0.25) is 11.7 Å². The van der Waals surface area contributed by atoms with Gasteiger partial charge in [-0.25, -0.2) is 4.79 Å². The highest BCUT2D eigenvalue weighted by Crippen LogP contribution is 2.34. The Morgan fingerprint density at radius 3 is 2.71 bits per heavy atom. The summed E-state index contributed by atoms with van der Waals surface area (Å²) in [5.74, 6) is 1.86. The van der Waals surface area contributed by atoms with E-state index in [1.165, 1.54) is 19.3 Å². The quantitative estimate of drug-likeness (QED) is 0.336. The van der Waals surface area contributed by atoms with Crippen molar-refractivity contribution >= 4 is 16.9 Å². The molecular formula is C27H35N3O4. The van der Waals surface area contributed by atoms with Crippen molar-refractivity contribution in [1.29, 1.82) is 0 Å². The third-order valence-electron chi connectivity index (χ3n) is 5.94. The van der Waals surface area contributed by atoms with E-state index < -0.39 is 5.60 Å². The van der Waals surface area contributed by atoms with Crippen molar-refractivity contribution in [2.24, 2.45) is 0 Å². The van der Waals surface area contributed by atoms with Crippen LogP contribution in [0.25, 0.3) is 22.2 Å². The lowest BCUT2D eigenvalue weighted by molar-refractivity contribution is 0.0199. The van der Waals surface area contributed by atoms with Crippen LogP contribution in [-0.4, -0.2) is 39.9 Å². The van der Waals surface area contributed by atoms with Crippen LogP contribution < -0.4 is 4.74 Å². The second-order valence-corrected chi connectivity index (χ2v) is 9.92. The number of benzene rings is 2. The van der Waals surface area contributed by atoms with Crippen molar-refractivity contribution < 1.29 is 18.8 Å². The van der Waals surface area contributed by atoms with Gasteiger partial charge < -0.3 is 14.0 Å². The van der Waals surface area contributed by atoms with Gasteiger partial charge in [0.25, 0.3) is 0 Å². The lowest BCUT2D eigenvalue weighted by Gasteiger charge is -2.26. The summed E-state index contributed by atoms with van der Waals surface area (Å²) in [5.41, 5.74) is 0.326. The van der Waals surface area contributed by atoms with Gasteiger partial charge >= 0.3 is 6.09 Å². The first-order valence-electron chi connectivity index (χ1n) is 12.3. The average Bonchev–Trinajstić information content (AvgIpc) is 3.47.